The minimum atomic E-state index is -1.04. The molecule has 4 rings (SSSR count). The van der Waals surface area contributed by atoms with Crippen LogP contribution in [0.4, 0.5) is 8.78 Å². The van der Waals surface area contributed by atoms with Crippen LogP contribution in [0.25, 0.3) is 0 Å². The predicted molar refractivity (Wildman–Crippen MR) is 108 cm³/mol. The normalized spacial score (nSPS) is 17.1. The van der Waals surface area contributed by atoms with Gasteiger partial charge in [-0.1, -0.05) is 24.3 Å². The van der Waals surface area contributed by atoms with Crippen molar-refractivity contribution in [2.24, 2.45) is 4.99 Å². The standard InChI is InChI=1S/C23H18F2N4O/c24-18-5-1-16(2-6-18)23(17-3-7-19(25)8-4-17)21(10-12-30)28-22(29-23)20-13-15(14-26)9-11-27-20/h1-9,11,13,21,30H,10,12H2,(H,28,29)/t21-/m1/s1. The van der Waals surface area contributed by atoms with Gasteiger partial charge >= 0.3 is 0 Å². The third kappa shape index (κ3) is 3.42. The quantitative estimate of drug-likeness (QED) is 0.684. The summed E-state index contributed by atoms with van der Waals surface area (Å²) < 4.78 is 27.3. The second-order valence-electron chi connectivity index (χ2n) is 6.99. The molecule has 0 saturated carbocycles. The Labute approximate surface area is 172 Å². The van der Waals surface area contributed by atoms with Crippen LogP contribution in [-0.4, -0.2) is 28.6 Å². The lowest BCUT2D eigenvalue weighted by atomic mass is 9.77. The number of halogens is 2. The number of nitrogens with one attached hydrogen (secondary N) is 1. The van der Waals surface area contributed by atoms with Crippen LogP contribution in [0, 0.1) is 23.0 Å². The molecule has 0 saturated heterocycles. The van der Waals surface area contributed by atoms with E-state index in [1.807, 2.05) is 0 Å². The second-order valence-corrected chi connectivity index (χ2v) is 6.99. The van der Waals surface area contributed by atoms with E-state index in [2.05, 4.69) is 16.4 Å². The minimum Gasteiger partial charge on any atom is -0.396 e. The average Bonchev–Trinajstić information content (AvgIpc) is 3.15. The summed E-state index contributed by atoms with van der Waals surface area (Å²) in [5.74, 6) is -0.324. The van der Waals surface area contributed by atoms with Gasteiger partial charge in [0.1, 0.15) is 28.7 Å². The van der Waals surface area contributed by atoms with E-state index in [1.54, 1.807) is 36.4 Å². The molecular formula is C23H18F2N4O. The lowest BCUT2D eigenvalue weighted by Crippen LogP contribution is -2.44. The molecule has 0 amide bonds. The Balaban J connectivity index is 1.94. The lowest BCUT2D eigenvalue weighted by molar-refractivity contribution is 0.251. The average molecular weight is 404 g/mol. The van der Waals surface area contributed by atoms with Crippen molar-refractivity contribution in [2.45, 2.75) is 18.0 Å². The highest BCUT2D eigenvalue weighted by molar-refractivity contribution is 5.99. The maximum absolute atomic E-state index is 13.6. The number of nitriles is 1. The van der Waals surface area contributed by atoms with E-state index in [1.165, 1.54) is 30.5 Å². The fourth-order valence-electron chi connectivity index (χ4n) is 3.83. The Morgan fingerprint density at radius 2 is 1.60 bits per heavy atom. The van der Waals surface area contributed by atoms with Crippen LogP contribution < -0.4 is 5.32 Å². The Bertz CT molecular complexity index is 1080. The highest BCUT2D eigenvalue weighted by Crippen LogP contribution is 2.42. The monoisotopic (exact) mass is 404 g/mol. The molecule has 1 aromatic heterocycles. The van der Waals surface area contributed by atoms with Gasteiger partial charge < -0.3 is 10.4 Å². The summed E-state index contributed by atoms with van der Waals surface area (Å²) in [7, 11) is 0. The number of nitrogens with zero attached hydrogens (tertiary/aromatic N) is 3. The molecule has 0 fully saturated rings. The first-order valence-corrected chi connectivity index (χ1v) is 9.42. The summed E-state index contributed by atoms with van der Waals surface area (Å²) in [6, 6.07) is 16.8. The fourth-order valence-corrected chi connectivity index (χ4v) is 3.83. The van der Waals surface area contributed by atoms with Crippen molar-refractivity contribution in [1.82, 2.24) is 10.3 Å². The van der Waals surface area contributed by atoms with E-state index < -0.39 is 11.6 Å². The first-order chi connectivity index (χ1) is 14.6. The Morgan fingerprint density at radius 3 is 2.13 bits per heavy atom. The number of aromatic nitrogens is 1. The molecular weight excluding hydrogens is 386 g/mol. The summed E-state index contributed by atoms with van der Waals surface area (Å²) in [5, 5.41) is 22.2. The SMILES string of the molecule is N#Cc1ccnc(C2=NC(c3ccc(F)cc3)(c3ccc(F)cc3)[C@@H](CCO)N2)c1. The molecule has 2 aromatic carbocycles. The van der Waals surface area contributed by atoms with Gasteiger partial charge in [-0.2, -0.15) is 5.26 Å². The molecule has 0 aliphatic carbocycles. The van der Waals surface area contributed by atoms with Gasteiger partial charge in [0.25, 0.3) is 0 Å². The van der Waals surface area contributed by atoms with Crippen molar-refractivity contribution in [3.63, 3.8) is 0 Å². The van der Waals surface area contributed by atoms with Crippen molar-refractivity contribution < 1.29 is 13.9 Å². The molecule has 1 atom stereocenters. The molecule has 1 aliphatic heterocycles. The number of pyridine rings is 1. The maximum Gasteiger partial charge on any atom is 0.148 e. The summed E-state index contributed by atoms with van der Waals surface area (Å²) >= 11 is 0. The van der Waals surface area contributed by atoms with Gasteiger partial charge in [0.05, 0.1) is 17.7 Å². The van der Waals surface area contributed by atoms with Crippen LogP contribution >= 0.6 is 0 Å². The van der Waals surface area contributed by atoms with E-state index in [0.29, 0.717) is 34.6 Å². The molecule has 1 aliphatic rings. The Hall–Kier alpha value is -3.63. The highest BCUT2D eigenvalue weighted by Gasteiger charge is 2.47. The van der Waals surface area contributed by atoms with E-state index in [-0.39, 0.29) is 18.2 Å². The zero-order chi connectivity index (χ0) is 21.1. The van der Waals surface area contributed by atoms with E-state index in [4.69, 9.17) is 4.99 Å². The van der Waals surface area contributed by atoms with Crippen LogP contribution in [-0.2, 0) is 5.54 Å². The van der Waals surface area contributed by atoms with Crippen LogP contribution in [0.15, 0.2) is 71.9 Å². The van der Waals surface area contributed by atoms with Crippen molar-refractivity contribution in [3.05, 3.63) is 101 Å². The van der Waals surface area contributed by atoms with E-state index in [0.717, 1.165) is 0 Å². The van der Waals surface area contributed by atoms with E-state index >= 15 is 0 Å². The number of hydrogen-bond donors (Lipinski definition) is 2. The van der Waals surface area contributed by atoms with Gasteiger partial charge in [-0.05, 0) is 53.9 Å². The molecule has 150 valence electrons. The number of rotatable bonds is 5. The molecule has 2 heterocycles. The molecule has 3 aromatic rings. The summed E-state index contributed by atoms with van der Waals surface area (Å²) in [5.41, 5.74) is 1.25. The van der Waals surface area contributed by atoms with Gasteiger partial charge in [-0.15, -0.1) is 0 Å². The van der Waals surface area contributed by atoms with Crippen LogP contribution in [0.5, 0.6) is 0 Å². The molecule has 30 heavy (non-hydrogen) atoms. The van der Waals surface area contributed by atoms with Gasteiger partial charge in [0.15, 0.2) is 0 Å². The lowest BCUT2D eigenvalue weighted by Gasteiger charge is -2.33. The highest BCUT2D eigenvalue weighted by atomic mass is 19.1. The number of benzene rings is 2. The zero-order valence-electron chi connectivity index (χ0n) is 15.9. The van der Waals surface area contributed by atoms with Crippen molar-refractivity contribution in [1.29, 1.82) is 5.26 Å². The van der Waals surface area contributed by atoms with Crippen molar-refractivity contribution in [2.75, 3.05) is 6.61 Å². The Kier molecular flexibility index (Phi) is 5.25. The first kappa shape index (κ1) is 19.7. The number of hydrogen-bond acceptors (Lipinski definition) is 5. The number of aliphatic hydroxyl groups is 1. The van der Waals surface area contributed by atoms with Gasteiger partial charge in [-0.25, -0.2) is 13.8 Å². The van der Waals surface area contributed by atoms with Crippen molar-refractivity contribution in [3.8, 4) is 6.07 Å². The molecule has 0 unspecified atom stereocenters. The second kappa shape index (κ2) is 8.01. The number of amidine groups is 1. The van der Waals surface area contributed by atoms with Crippen molar-refractivity contribution >= 4 is 5.84 Å². The third-order valence-corrected chi connectivity index (χ3v) is 5.22. The van der Waals surface area contributed by atoms with Crippen LogP contribution in [0.1, 0.15) is 28.8 Å². The zero-order valence-corrected chi connectivity index (χ0v) is 15.9. The summed E-state index contributed by atoms with van der Waals surface area (Å²) in [6.45, 7) is -0.115. The van der Waals surface area contributed by atoms with Gasteiger partial charge in [0.2, 0.25) is 0 Å². The minimum absolute atomic E-state index is 0.115. The first-order valence-electron chi connectivity index (χ1n) is 9.42. The number of aliphatic hydroxyl groups excluding tert-OH is 1. The number of aliphatic imine (C=N–C) groups is 1. The van der Waals surface area contributed by atoms with Crippen LogP contribution in [0.3, 0.4) is 0 Å². The van der Waals surface area contributed by atoms with Gasteiger partial charge in [0, 0.05) is 12.8 Å². The fraction of sp³-hybridized carbons (Fsp3) is 0.174. The largest absolute Gasteiger partial charge is 0.396 e. The summed E-state index contributed by atoms with van der Waals surface area (Å²) in [4.78, 5) is 9.26. The Morgan fingerprint density at radius 1 is 1.00 bits per heavy atom. The summed E-state index contributed by atoms with van der Waals surface area (Å²) in [6.07, 6.45) is 1.86. The molecule has 5 nitrogen and oxygen atoms in total. The topological polar surface area (TPSA) is 81.3 Å². The van der Waals surface area contributed by atoms with Crippen LogP contribution in [0.2, 0.25) is 0 Å². The van der Waals surface area contributed by atoms with E-state index in [9.17, 15) is 19.1 Å². The molecule has 0 bridgehead atoms. The molecule has 0 spiro atoms. The molecule has 0 radical (unpaired) electrons. The third-order valence-electron chi connectivity index (χ3n) is 5.22. The van der Waals surface area contributed by atoms with Gasteiger partial charge in [-0.3, -0.25) is 4.98 Å². The smallest absolute Gasteiger partial charge is 0.148 e. The predicted octanol–water partition coefficient (Wildman–Crippen LogP) is 3.28. The molecule has 7 heteroatoms. The maximum atomic E-state index is 13.6. The molecule has 2 N–H and O–H groups in total.